The number of imidazole rings is 1. The number of fused-ring (bicyclic) bond motifs is 3. The van der Waals surface area contributed by atoms with E-state index in [-0.39, 0.29) is 11.9 Å². The minimum Gasteiger partial charge on any atom is -0.353 e. The van der Waals surface area contributed by atoms with Crippen molar-refractivity contribution < 1.29 is 4.79 Å². The van der Waals surface area contributed by atoms with Crippen molar-refractivity contribution in [2.24, 2.45) is 4.99 Å². The Balaban J connectivity index is 1.42. The molecule has 0 radical (unpaired) electrons. The zero-order valence-corrected chi connectivity index (χ0v) is 12.2. The third-order valence-electron chi connectivity index (χ3n) is 4.52. The van der Waals surface area contributed by atoms with E-state index in [1.54, 1.807) is 12.5 Å². The molecule has 1 fully saturated rings. The van der Waals surface area contributed by atoms with E-state index in [0.29, 0.717) is 12.3 Å². The van der Waals surface area contributed by atoms with Gasteiger partial charge in [0.2, 0.25) is 5.91 Å². The monoisotopic (exact) mass is 294 g/mol. The number of nitrogens with zero attached hydrogens (tertiary/aromatic N) is 2. The molecule has 2 heterocycles. The second-order valence-electron chi connectivity index (χ2n) is 6.01. The summed E-state index contributed by atoms with van der Waals surface area (Å²) in [6.07, 6.45) is 6.54. The minimum atomic E-state index is 0.0564. The smallest absolute Gasteiger partial charge is 0.226 e. The molecule has 2 N–H and O–H groups in total. The fourth-order valence-corrected chi connectivity index (χ4v) is 3.48. The first-order chi connectivity index (χ1) is 10.8. The predicted octanol–water partition coefficient (Wildman–Crippen LogP) is 2.49. The number of aliphatic imine (C=N–C) groups is 1. The van der Waals surface area contributed by atoms with Gasteiger partial charge in [-0.2, -0.15) is 0 Å². The van der Waals surface area contributed by atoms with E-state index < -0.39 is 0 Å². The molecule has 1 aromatic heterocycles. The van der Waals surface area contributed by atoms with E-state index in [1.165, 1.54) is 11.3 Å². The van der Waals surface area contributed by atoms with Crippen molar-refractivity contribution in [3.63, 3.8) is 0 Å². The first kappa shape index (κ1) is 13.2. The van der Waals surface area contributed by atoms with Gasteiger partial charge in [-0.1, -0.05) is 18.2 Å². The van der Waals surface area contributed by atoms with Crippen molar-refractivity contribution in [3.8, 4) is 0 Å². The molecular weight excluding hydrogens is 276 g/mol. The zero-order valence-electron chi connectivity index (χ0n) is 12.2. The highest BCUT2D eigenvalue weighted by molar-refractivity contribution is 5.98. The molecule has 0 bridgehead atoms. The van der Waals surface area contributed by atoms with Gasteiger partial charge in [-0.3, -0.25) is 9.79 Å². The lowest BCUT2D eigenvalue weighted by atomic mass is 9.81. The number of hydrogen-bond acceptors (Lipinski definition) is 3. The number of benzene rings is 1. The van der Waals surface area contributed by atoms with Crippen LogP contribution >= 0.6 is 0 Å². The number of nitrogens with one attached hydrogen (secondary N) is 2. The number of amides is 1. The summed E-state index contributed by atoms with van der Waals surface area (Å²) in [5, 5.41) is 3.16. The Morgan fingerprint density at radius 2 is 2.27 bits per heavy atom. The summed E-state index contributed by atoms with van der Waals surface area (Å²) < 4.78 is 0. The molecule has 1 amide bonds. The number of carbonyl (C=O) groups excluding carboxylic acids is 1. The molecule has 2 aromatic rings. The lowest BCUT2D eigenvalue weighted by molar-refractivity contribution is -0.121. The van der Waals surface area contributed by atoms with Crippen LogP contribution in [0.5, 0.6) is 0 Å². The van der Waals surface area contributed by atoms with E-state index in [0.717, 1.165) is 30.6 Å². The first-order valence-electron chi connectivity index (χ1n) is 7.72. The molecule has 4 rings (SSSR count). The van der Waals surface area contributed by atoms with Gasteiger partial charge in [0.05, 0.1) is 18.4 Å². The quantitative estimate of drug-likeness (QED) is 0.913. The van der Waals surface area contributed by atoms with Crippen LogP contribution in [0.3, 0.4) is 0 Å². The summed E-state index contributed by atoms with van der Waals surface area (Å²) in [5.41, 5.74) is 4.54. The number of carbonyl (C=O) groups is 1. The molecule has 0 spiro atoms. The molecule has 2 unspecified atom stereocenters. The number of rotatable bonds is 3. The third kappa shape index (κ3) is 2.43. The van der Waals surface area contributed by atoms with Crippen molar-refractivity contribution in [1.29, 1.82) is 0 Å². The normalized spacial score (nSPS) is 22.6. The first-order valence-corrected chi connectivity index (χ1v) is 7.72. The van der Waals surface area contributed by atoms with Gasteiger partial charge in [0.1, 0.15) is 0 Å². The lowest BCUT2D eigenvalue weighted by Gasteiger charge is -2.28. The summed E-state index contributed by atoms with van der Waals surface area (Å²) in [5.74, 6) is 0.434. The average Bonchev–Trinajstić information content (AvgIpc) is 3.14. The highest BCUT2D eigenvalue weighted by Gasteiger charge is 2.33. The predicted molar refractivity (Wildman–Crippen MR) is 84.4 cm³/mol. The number of aromatic nitrogens is 2. The molecule has 1 aliphatic carbocycles. The maximum atomic E-state index is 12.1. The summed E-state index contributed by atoms with van der Waals surface area (Å²) in [6, 6.07) is 8.56. The topological polar surface area (TPSA) is 70.1 Å². The van der Waals surface area contributed by atoms with Gasteiger partial charge in [0.25, 0.3) is 0 Å². The van der Waals surface area contributed by atoms with Gasteiger partial charge in [-0.25, -0.2) is 4.98 Å². The van der Waals surface area contributed by atoms with Crippen LogP contribution in [0, 0.1) is 0 Å². The van der Waals surface area contributed by atoms with Crippen LogP contribution in [-0.2, 0) is 11.2 Å². The maximum Gasteiger partial charge on any atom is 0.226 e. The largest absolute Gasteiger partial charge is 0.353 e. The van der Waals surface area contributed by atoms with Gasteiger partial charge in [0, 0.05) is 29.6 Å². The SMILES string of the molecule is O=C(Cc1cnc[nH]1)NC1CCC2=Nc3ccccc3C2C1. The Kier molecular flexibility index (Phi) is 3.25. The lowest BCUT2D eigenvalue weighted by Crippen LogP contribution is -2.40. The molecule has 112 valence electrons. The summed E-state index contributed by atoms with van der Waals surface area (Å²) >= 11 is 0. The summed E-state index contributed by atoms with van der Waals surface area (Å²) in [4.78, 5) is 23.8. The Bertz CT molecular complexity index is 720. The fraction of sp³-hybridized carbons (Fsp3) is 0.353. The number of para-hydroxylation sites is 1. The van der Waals surface area contributed by atoms with E-state index >= 15 is 0 Å². The molecule has 2 aliphatic rings. The van der Waals surface area contributed by atoms with Crippen LogP contribution in [0.2, 0.25) is 0 Å². The second-order valence-corrected chi connectivity index (χ2v) is 6.01. The highest BCUT2D eigenvalue weighted by Crippen LogP contribution is 2.42. The standard InChI is InChI=1S/C17H18N4O/c22-17(8-12-9-18-10-19-12)20-11-5-6-16-14(7-11)13-3-1-2-4-15(13)21-16/h1-4,9-11,14H,5-8H2,(H,18,19)(H,20,22). The van der Waals surface area contributed by atoms with E-state index in [9.17, 15) is 4.79 Å². The summed E-state index contributed by atoms with van der Waals surface area (Å²) in [6.45, 7) is 0. The molecular formula is C17H18N4O. The Morgan fingerprint density at radius 3 is 3.14 bits per heavy atom. The molecule has 1 aliphatic heterocycles. The van der Waals surface area contributed by atoms with Crippen molar-refractivity contribution in [3.05, 3.63) is 48.0 Å². The number of aromatic amines is 1. The molecule has 2 atom stereocenters. The van der Waals surface area contributed by atoms with Gasteiger partial charge < -0.3 is 10.3 Å². The van der Waals surface area contributed by atoms with Gasteiger partial charge >= 0.3 is 0 Å². The fourth-order valence-electron chi connectivity index (χ4n) is 3.48. The molecule has 5 heteroatoms. The van der Waals surface area contributed by atoms with Gasteiger partial charge in [-0.15, -0.1) is 0 Å². The molecule has 1 saturated carbocycles. The highest BCUT2D eigenvalue weighted by atomic mass is 16.1. The third-order valence-corrected chi connectivity index (χ3v) is 4.52. The van der Waals surface area contributed by atoms with Crippen molar-refractivity contribution in [2.45, 2.75) is 37.6 Å². The Hall–Kier alpha value is -2.43. The van der Waals surface area contributed by atoms with Crippen LogP contribution < -0.4 is 5.32 Å². The minimum absolute atomic E-state index is 0.0564. The van der Waals surface area contributed by atoms with Crippen LogP contribution in [0.4, 0.5) is 5.69 Å². The van der Waals surface area contributed by atoms with Gasteiger partial charge in [-0.05, 0) is 30.9 Å². The van der Waals surface area contributed by atoms with E-state index in [1.807, 2.05) is 6.07 Å². The average molecular weight is 294 g/mol. The molecule has 0 saturated heterocycles. The zero-order chi connectivity index (χ0) is 14.9. The second kappa shape index (κ2) is 5.40. The molecule has 22 heavy (non-hydrogen) atoms. The van der Waals surface area contributed by atoms with Crippen LogP contribution in [0.25, 0.3) is 0 Å². The van der Waals surface area contributed by atoms with E-state index in [4.69, 9.17) is 4.99 Å². The number of hydrogen-bond donors (Lipinski definition) is 2. The summed E-state index contributed by atoms with van der Waals surface area (Å²) in [7, 11) is 0. The Labute approximate surface area is 128 Å². The van der Waals surface area contributed by atoms with Crippen LogP contribution in [0.15, 0.2) is 41.8 Å². The maximum absolute atomic E-state index is 12.1. The Morgan fingerprint density at radius 1 is 1.36 bits per heavy atom. The van der Waals surface area contributed by atoms with E-state index in [2.05, 4.69) is 33.5 Å². The number of H-pyrrole nitrogens is 1. The van der Waals surface area contributed by atoms with Crippen LogP contribution in [0.1, 0.15) is 36.4 Å². The molecule has 1 aromatic carbocycles. The van der Waals surface area contributed by atoms with Crippen molar-refractivity contribution >= 4 is 17.3 Å². The van der Waals surface area contributed by atoms with Gasteiger partial charge in [0.15, 0.2) is 0 Å². The van der Waals surface area contributed by atoms with Crippen molar-refractivity contribution in [2.75, 3.05) is 0 Å². The van der Waals surface area contributed by atoms with Crippen LogP contribution in [-0.4, -0.2) is 27.6 Å². The molecule has 5 nitrogen and oxygen atoms in total. The van der Waals surface area contributed by atoms with Crippen molar-refractivity contribution in [1.82, 2.24) is 15.3 Å².